The van der Waals surface area contributed by atoms with Crippen LogP contribution in [0.1, 0.15) is 32.1 Å². The molecule has 0 spiro atoms. The number of fused-ring (bicyclic) bond motifs is 1. The maximum absolute atomic E-state index is 12.3. The van der Waals surface area contributed by atoms with Crippen molar-refractivity contribution < 1.29 is 9.53 Å². The van der Waals surface area contributed by atoms with E-state index in [1.54, 1.807) is 7.11 Å². The number of hydrogen-bond donors (Lipinski definition) is 2. The summed E-state index contributed by atoms with van der Waals surface area (Å²) in [5.74, 6) is 1.23. The van der Waals surface area contributed by atoms with Gasteiger partial charge in [-0.1, -0.05) is 25.3 Å². The normalized spacial score (nSPS) is 23.2. The third-order valence-corrected chi connectivity index (χ3v) is 4.21. The van der Waals surface area contributed by atoms with E-state index >= 15 is 0 Å². The average Bonchev–Trinajstić information content (AvgIpc) is 2.47. The van der Waals surface area contributed by atoms with E-state index in [0.717, 1.165) is 24.2 Å². The van der Waals surface area contributed by atoms with E-state index in [4.69, 9.17) is 4.74 Å². The average molecular weight is 260 g/mol. The third-order valence-electron chi connectivity index (χ3n) is 4.21. The largest absolute Gasteiger partial charge is 0.494 e. The highest BCUT2D eigenvalue weighted by Gasteiger charge is 2.34. The Hall–Kier alpha value is -1.71. The zero-order valence-corrected chi connectivity index (χ0v) is 11.2. The first-order valence-corrected chi connectivity index (χ1v) is 7.04. The molecule has 4 nitrogen and oxygen atoms in total. The SMILES string of the molecule is COc1cccc2c1NC(=O)C(C1CCCCC1)N2. The summed E-state index contributed by atoms with van der Waals surface area (Å²) in [6.07, 6.45) is 6.06. The van der Waals surface area contributed by atoms with Gasteiger partial charge in [0.25, 0.3) is 0 Å². The highest BCUT2D eigenvalue weighted by atomic mass is 16.5. The number of benzene rings is 1. The topological polar surface area (TPSA) is 50.4 Å². The Morgan fingerprint density at radius 1 is 1.21 bits per heavy atom. The lowest BCUT2D eigenvalue weighted by Crippen LogP contribution is -2.44. The van der Waals surface area contributed by atoms with Gasteiger partial charge in [-0.15, -0.1) is 0 Å². The van der Waals surface area contributed by atoms with E-state index in [0.29, 0.717) is 11.7 Å². The third kappa shape index (κ3) is 2.27. The van der Waals surface area contributed by atoms with Crippen molar-refractivity contribution in [1.82, 2.24) is 0 Å². The first-order valence-electron chi connectivity index (χ1n) is 7.04. The molecule has 1 heterocycles. The van der Waals surface area contributed by atoms with Crippen molar-refractivity contribution >= 4 is 17.3 Å². The Bertz CT molecular complexity index is 481. The molecule has 1 atom stereocenters. The molecule has 1 amide bonds. The van der Waals surface area contributed by atoms with E-state index in [2.05, 4.69) is 10.6 Å². The molecule has 1 aliphatic carbocycles. The summed E-state index contributed by atoms with van der Waals surface area (Å²) in [5, 5.41) is 6.40. The van der Waals surface area contributed by atoms with Crippen LogP contribution in [-0.2, 0) is 4.79 Å². The fourth-order valence-electron chi connectivity index (χ4n) is 3.18. The number of ether oxygens (including phenoxy) is 1. The number of methoxy groups -OCH3 is 1. The number of nitrogens with one attached hydrogen (secondary N) is 2. The highest BCUT2D eigenvalue weighted by Crippen LogP contribution is 2.38. The van der Waals surface area contributed by atoms with Crippen LogP contribution in [0, 0.1) is 5.92 Å². The molecule has 3 rings (SSSR count). The van der Waals surface area contributed by atoms with Gasteiger partial charge in [0.1, 0.15) is 17.5 Å². The summed E-state index contributed by atoms with van der Waals surface area (Å²) >= 11 is 0. The van der Waals surface area contributed by atoms with Crippen molar-refractivity contribution in [2.24, 2.45) is 5.92 Å². The van der Waals surface area contributed by atoms with Gasteiger partial charge in [-0.25, -0.2) is 0 Å². The number of rotatable bonds is 2. The molecule has 1 saturated carbocycles. The highest BCUT2D eigenvalue weighted by molar-refractivity contribution is 6.04. The van der Waals surface area contributed by atoms with Crippen LogP contribution in [0.4, 0.5) is 11.4 Å². The summed E-state index contributed by atoms with van der Waals surface area (Å²) in [6.45, 7) is 0. The van der Waals surface area contributed by atoms with Crippen LogP contribution in [0.15, 0.2) is 18.2 Å². The zero-order chi connectivity index (χ0) is 13.2. The Morgan fingerprint density at radius 2 is 2.00 bits per heavy atom. The number of para-hydroxylation sites is 1. The molecule has 102 valence electrons. The maximum Gasteiger partial charge on any atom is 0.247 e. The zero-order valence-electron chi connectivity index (χ0n) is 11.2. The van der Waals surface area contributed by atoms with Gasteiger partial charge in [0.2, 0.25) is 5.91 Å². The Morgan fingerprint density at radius 3 is 2.74 bits per heavy atom. The predicted octanol–water partition coefficient (Wildman–Crippen LogP) is 3.01. The molecular weight excluding hydrogens is 240 g/mol. The molecule has 2 N–H and O–H groups in total. The number of carbonyl (C=O) groups is 1. The molecule has 1 aromatic carbocycles. The smallest absolute Gasteiger partial charge is 0.247 e. The fraction of sp³-hybridized carbons (Fsp3) is 0.533. The minimum Gasteiger partial charge on any atom is -0.494 e. The van der Waals surface area contributed by atoms with Crippen LogP contribution in [-0.4, -0.2) is 19.1 Å². The lowest BCUT2D eigenvalue weighted by atomic mass is 9.82. The van der Waals surface area contributed by atoms with Crippen LogP contribution in [0.25, 0.3) is 0 Å². The van der Waals surface area contributed by atoms with Gasteiger partial charge in [-0.3, -0.25) is 4.79 Å². The molecule has 2 aliphatic rings. The molecule has 19 heavy (non-hydrogen) atoms. The van der Waals surface area contributed by atoms with E-state index in [9.17, 15) is 4.79 Å². The first kappa shape index (κ1) is 12.3. The molecule has 4 heteroatoms. The van der Waals surface area contributed by atoms with Crippen molar-refractivity contribution in [3.63, 3.8) is 0 Å². The molecule has 1 unspecified atom stereocenters. The minimum atomic E-state index is -0.0973. The van der Waals surface area contributed by atoms with Crippen LogP contribution in [0.5, 0.6) is 5.75 Å². The second-order valence-electron chi connectivity index (χ2n) is 5.39. The Balaban J connectivity index is 1.85. The van der Waals surface area contributed by atoms with E-state index in [1.807, 2.05) is 18.2 Å². The van der Waals surface area contributed by atoms with Gasteiger partial charge >= 0.3 is 0 Å². The minimum absolute atomic E-state index is 0.0731. The van der Waals surface area contributed by atoms with Gasteiger partial charge < -0.3 is 15.4 Å². The van der Waals surface area contributed by atoms with Crippen molar-refractivity contribution in [3.05, 3.63) is 18.2 Å². The summed E-state index contributed by atoms with van der Waals surface area (Å²) in [5.41, 5.74) is 1.73. The fourth-order valence-corrected chi connectivity index (χ4v) is 3.18. The molecule has 0 aromatic heterocycles. The van der Waals surface area contributed by atoms with Gasteiger partial charge in [-0.2, -0.15) is 0 Å². The van der Waals surface area contributed by atoms with Gasteiger partial charge in [-0.05, 0) is 30.9 Å². The summed E-state index contributed by atoms with van der Waals surface area (Å²) in [4.78, 5) is 12.3. The quantitative estimate of drug-likeness (QED) is 0.859. The molecule has 0 saturated heterocycles. The van der Waals surface area contributed by atoms with Crippen LogP contribution >= 0.6 is 0 Å². The maximum atomic E-state index is 12.3. The summed E-state index contributed by atoms with van der Waals surface area (Å²) in [7, 11) is 1.62. The Kier molecular flexibility index (Phi) is 3.32. The van der Waals surface area contributed by atoms with E-state index in [1.165, 1.54) is 19.3 Å². The van der Waals surface area contributed by atoms with Gasteiger partial charge in [0, 0.05) is 0 Å². The van der Waals surface area contributed by atoms with Crippen molar-refractivity contribution in [2.45, 2.75) is 38.1 Å². The molecule has 1 aliphatic heterocycles. The van der Waals surface area contributed by atoms with Gasteiger partial charge in [0.15, 0.2) is 0 Å². The molecule has 1 fully saturated rings. The number of amides is 1. The molecule has 0 bridgehead atoms. The number of carbonyl (C=O) groups excluding carboxylic acids is 1. The van der Waals surface area contributed by atoms with Crippen molar-refractivity contribution in [1.29, 1.82) is 0 Å². The summed E-state index contributed by atoms with van der Waals surface area (Å²) < 4.78 is 5.29. The first-order chi connectivity index (χ1) is 9.29. The van der Waals surface area contributed by atoms with Gasteiger partial charge in [0.05, 0.1) is 12.8 Å². The standard InChI is InChI=1S/C15H20N2O2/c1-19-12-9-5-8-11-14(12)17-15(18)13(16-11)10-6-3-2-4-7-10/h5,8-10,13,16H,2-4,6-7H2,1H3,(H,17,18). The van der Waals surface area contributed by atoms with Crippen LogP contribution < -0.4 is 15.4 Å². The summed E-state index contributed by atoms with van der Waals surface area (Å²) in [6, 6.07) is 5.70. The number of anilines is 2. The lowest BCUT2D eigenvalue weighted by molar-refractivity contribution is -0.118. The predicted molar refractivity (Wildman–Crippen MR) is 75.6 cm³/mol. The van der Waals surface area contributed by atoms with Crippen molar-refractivity contribution in [2.75, 3.05) is 17.7 Å². The van der Waals surface area contributed by atoms with E-state index < -0.39 is 0 Å². The Labute approximate surface area is 113 Å². The van der Waals surface area contributed by atoms with Crippen LogP contribution in [0.3, 0.4) is 0 Å². The van der Waals surface area contributed by atoms with Crippen LogP contribution in [0.2, 0.25) is 0 Å². The molecule has 1 aromatic rings. The molecule has 0 radical (unpaired) electrons. The second kappa shape index (κ2) is 5.11. The van der Waals surface area contributed by atoms with Crippen molar-refractivity contribution in [3.8, 4) is 5.75 Å². The van der Waals surface area contributed by atoms with E-state index in [-0.39, 0.29) is 11.9 Å². The molecular formula is C15H20N2O2. The lowest BCUT2D eigenvalue weighted by Gasteiger charge is -2.34. The second-order valence-corrected chi connectivity index (χ2v) is 5.39. The number of hydrogen-bond acceptors (Lipinski definition) is 3. The monoisotopic (exact) mass is 260 g/mol.